The van der Waals surface area contributed by atoms with E-state index < -0.39 is 5.54 Å². The Labute approximate surface area is 126 Å². The summed E-state index contributed by atoms with van der Waals surface area (Å²) in [6.45, 7) is 5.78. The molecule has 1 aliphatic carbocycles. The number of amides is 1. The second-order valence-corrected chi connectivity index (χ2v) is 6.52. The number of nitrogens with two attached hydrogens (primary N) is 1. The summed E-state index contributed by atoms with van der Waals surface area (Å²) in [6.07, 6.45) is 2.10. The summed E-state index contributed by atoms with van der Waals surface area (Å²) >= 11 is 0. The smallest absolute Gasteiger partial charge is 0.242 e. The molecule has 0 spiro atoms. The molecular formula is C17H24N2O2. The van der Waals surface area contributed by atoms with E-state index in [-0.39, 0.29) is 12.0 Å². The molecular weight excluding hydrogens is 264 g/mol. The van der Waals surface area contributed by atoms with Gasteiger partial charge in [-0.05, 0) is 43.7 Å². The molecule has 1 aliphatic heterocycles. The fraction of sp³-hybridized carbons (Fsp3) is 0.588. The van der Waals surface area contributed by atoms with E-state index in [1.54, 1.807) is 0 Å². The van der Waals surface area contributed by atoms with E-state index >= 15 is 0 Å². The zero-order valence-electron chi connectivity index (χ0n) is 12.8. The van der Waals surface area contributed by atoms with Gasteiger partial charge < -0.3 is 15.4 Å². The molecule has 1 saturated carbocycles. The van der Waals surface area contributed by atoms with E-state index in [1.807, 2.05) is 24.0 Å². The van der Waals surface area contributed by atoms with Crippen molar-refractivity contribution in [1.29, 1.82) is 0 Å². The van der Waals surface area contributed by atoms with Gasteiger partial charge in [0.2, 0.25) is 5.91 Å². The molecule has 114 valence electrons. The maximum Gasteiger partial charge on any atom is 0.242 e. The Hall–Kier alpha value is -1.39. The molecule has 1 heterocycles. The average molecular weight is 288 g/mol. The third-order valence-corrected chi connectivity index (χ3v) is 4.78. The van der Waals surface area contributed by atoms with Crippen LogP contribution in [-0.2, 0) is 9.53 Å². The van der Waals surface area contributed by atoms with Crippen molar-refractivity contribution in [1.82, 2.24) is 4.90 Å². The van der Waals surface area contributed by atoms with Gasteiger partial charge in [0.1, 0.15) is 6.10 Å². The summed E-state index contributed by atoms with van der Waals surface area (Å²) in [5, 5.41) is 0. The normalized spacial score (nSPS) is 25.5. The van der Waals surface area contributed by atoms with Gasteiger partial charge in [-0.25, -0.2) is 0 Å². The Morgan fingerprint density at radius 3 is 2.76 bits per heavy atom. The Morgan fingerprint density at radius 2 is 2.10 bits per heavy atom. The van der Waals surface area contributed by atoms with Gasteiger partial charge in [0.25, 0.3) is 0 Å². The largest absolute Gasteiger partial charge is 0.370 e. The number of carbonyl (C=O) groups excluding carboxylic acids is 1. The zero-order valence-corrected chi connectivity index (χ0v) is 12.8. The zero-order chi connectivity index (χ0) is 15.0. The van der Waals surface area contributed by atoms with Gasteiger partial charge in [0.15, 0.2) is 0 Å². The molecule has 2 fully saturated rings. The number of ether oxygens (including phenoxy) is 1. The van der Waals surface area contributed by atoms with Crippen molar-refractivity contribution < 1.29 is 9.53 Å². The second-order valence-electron chi connectivity index (χ2n) is 6.52. The van der Waals surface area contributed by atoms with E-state index in [1.165, 1.54) is 11.1 Å². The molecule has 4 nitrogen and oxygen atoms in total. The summed E-state index contributed by atoms with van der Waals surface area (Å²) < 4.78 is 5.88. The lowest BCUT2D eigenvalue weighted by Gasteiger charge is -2.38. The predicted molar refractivity (Wildman–Crippen MR) is 81.8 cm³/mol. The SMILES string of the molecule is Cc1ccccc1[C@H]1CN(C(=O)[C@](C)(N)C2CC2)CCO1. The summed E-state index contributed by atoms with van der Waals surface area (Å²) in [7, 11) is 0. The Bertz CT molecular complexity index is 537. The van der Waals surface area contributed by atoms with Crippen molar-refractivity contribution in [3.63, 3.8) is 0 Å². The third-order valence-electron chi connectivity index (χ3n) is 4.78. The van der Waals surface area contributed by atoms with Crippen molar-refractivity contribution >= 4 is 5.91 Å². The highest BCUT2D eigenvalue weighted by atomic mass is 16.5. The molecule has 1 aromatic rings. The molecule has 0 bridgehead atoms. The van der Waals surface area contributed by atoms with Crippen LogP contribution in [0.5, 0.6) is 0 Å². The van der Waals surface area contributed by atoms with Crippen LogP contribution in [0.15, 0.2) is 24.3 Å². The summed E-state index contributed by atoms with van der Waals surface area (Å²) in [4.78, 5) is 14.6. The van der Waals surface area contributed by atoms with Gasteiger partial charge in [-0.2, -0.15) is 0 Å². The minimum atomic E-state index is -0.715. The number of rotatable bonds is 3. The van der Waals surface area contributed by atoms with Gasteiger partial charge in [0, 0.05) is 6.54 Å². The van der Waals surface area contributed by atoms with E-state index in [0.717, 1.165) is 12.8 Å². The Kier molecular flexibility index (Phi) is 3.76. The molecule has 1 amide bonds. The first-order valence-corrected chi connectivity index (χ1v) is 7.75. The first-order chi connectivity index (χ1) is 10.00. The number of carbonyl (C=O) groups is 1. The molecule has 4 heteroatoms. The molecule has 21 heavy (non-hydrogen) atoms. The maximum absolute atomic E-state index is 12.7. The number of nitrogens with zero attached hydrogens (tertiary/aromatic N) is 1. The van der Waals surface area contributed by atoms with Gasteiger partial charge >= 0.3 is 0 Å². The van der Waals surface area contributed by atoms with Gasteiger partial charge in [-0.3, -0.25) is 4.79 Å². The summed E-state index contributed by atoms with van der Waals surface area (Å²) in [5.41, 5.74) is 7.93. The fourth-order valence-electron chi connectivity index (χ4n) is 3.17. The number of morpholine rings is 1. The molecule has 0 unspecified atom stereocenters. The van der Waals surface area contributed by atoms with Crippen LogP contribution in [0.25, 0.3) is 0 Å². The van der Waals surface area contributed by atoms with Gasteiger partial charge in [-0.15, -0.1) is 0 Å². The van der Waals surface area contributed by atoms with E-state index in [2.05, 4.69) is 19.1 Å². The molecule has 1 aromatic carbocycles. The number of benzene rings is 1. The topological polar surface area (TPSA) is 55.6 Å². The highest BCUT2D eigenvalue weighted by molar-refractivity contribution is 5.86. The van der Waals surface area contributed by atoms with Crippen LogP contribution < -0.4 is 5.73 Å². The molecule has 0 aromatic heterocycles. The van der Waals surface area contributed by atoms with Gasteiger partial charge in [0.05, 0.1) is 18.7 Å². The molecule has 2 atom stereocenters. The van der Waals surface area contributed by atoms with Crippen molar-refractivity contribution in [2.45, 2.75) is 38.3 Å². The lowest BCUT2D eigenvalue weighted by Crippen LogP contribution is -2.57. The van der Waals surface area contributed by atoms with E-state index in [0.29, 0.717) is 25.6 Å². The molecule has 1 saturated heterocycles. The summed E-state index contributed by atoms with van der Waals surface area (Å²) in [6, 6.07) is 8.20. The third kappa shape index (κ3) is 2.83. The van der Waals surface area contributed by atoms with Crippen LogP contribution in [0.2, 0.25) is 0 Å². The van der Waals surface area contributed by atoms with Crippen molar-refractivity contribution in [2.24, 2.45) is 11.7 Å². The molecule has 0 radical (unpaired) electrons. The van der Waals surface area contributed by atoms with E-state index in [9.17, 15) is 4.79 Å². The Balaban J connectivity index is 1.74. The molecule has 2 aliphatic rings. The van der Waals surface area contributed by atoms with Crippen LogP contribution in [0.3, 0.4) is 0 Å². The molecule has 2 N–H and O–H groups in total. The van der Waals surface area contributed by atoms with Gasteiger partial charge in [-0.1, -0.05) is 24.3 Å². The van der Waals surface area contributed by atoms with Crippen LogP contribution in [-0.4, -0.2) is 36.0 Å². The quantitative estimate of drug-likeness (QED) is 0.926. The lowest BCUT2D eigenvalue weighted by molar-refractivity contribution is -0.145. The van der Waals surface area contributed by atoms with E-state index in [4.69, 9.17) is 10.5 Å². The first-order valence-electron chi connectivity index (χ1n) is 7.75. The number of hydrogen-bond acceptors (Lipinski definition) is 3. The first kappa shape index (κ1) is 14.5. The average Bonchev–Trinajstić information content (AvgIpc) is 3.32. The lowest BCUT2D eigenvalue weighted by atomic mass is 9.94. The summed E-state index contributed by atoms with van der Waals surface area (Å²) in [5.74, 6) is 0.427. The van der Waals surface area contributed by atoms with Crippen LogP contribution >= 0.6 is 0 Å². The van der Waals surface area contributed by atoms with Crippen molar-refractivity contribution in [3.8, 4) is 0 Å². The maximum atomic E-state index is 12.7. The van der Waals surface area contributed by atoms with Crippen LogP contribution in [0.4, 0.5) is 0 Å². The monoisotopic (exact) mass is 288 g/mol. The highest BCUT2D eigenvalue weighted by Crippen LogP contribution is 2.39. The minimum absolute atomic E-state index is 0.0427. The number of hydrogen-bond donors (Lipinski definition) is 1. The second kappa shape index (κ2) is 5.43. The highest BCUT2D eigenvalue weighted by Gasteiger charge is 2.46. The standard InChI is InChI=1S/C17H24N2O2/c1-12-5-3-4-6-14(12)15-11-19(9-10-21-15)16(20)17(2,18)13-7-8-13/h3-6,13,15H,7-11,18H2,1-2H3/t15-,17-/m1/s1. The Morgan fingerprint density at radius 1 is 1.38 bits per heavy atom. The van der Waals surface area contributed by atoms with Crippen LogP contribution in [0, 0.1) is 12.8 Å². The predicted octanol–water partition coefficient (Wildman–Crippen LogP) is 2.02. The van der Waals surface area contributed by atoms with Crippen LogP contribution in [0.1, 0.15) is 37.0 Å². The van der Waals surface area contributed by atoms with Crippen molar-refractivity contribution in [2.75, 3.05) is 19.7 Å². The van der Waals surface area contributed by atoms with Crippen molar-refractivity contribution in [3.05, 3.63) is 35.4 Å². The fourth-order valence-corrected chi connectivity index (χ4v) is 3.17. The number of aryl methyl sites for hydroxylation is 1. The molecule has 3 rings (SSSR count). The minimum Gasteiger partial charge on any atom is -0.370 e.